The molecule has 1 aromatic carbocycles. The molecule has 33 heavy (non-hydrogen) atoms. The predicted octanol–water partition coefficient (Wildman–Crippen LogP) is 3.60. The Hall–Kier alpha value is -3.19. The van der Waals surface area contributed by atoms with Gasteiger partial charge in [-0.25, -0.2) is 14.7 Å². The van der Waals surface area contributed by atoms with Gasteiger partial charge in [0.15, 0.2) is 11.8 Å². The van der Waals surface area contributed by atoms with E-state index in [1.165, 1.54) is 5.56 Å². The third-order valence-electron chi connectivity index (χ3n) is 6.07. The Balaban J connectivity index is 1.36. The van der Waals surface area contributed by atoms with Crippen molar-refractivity contribution in [2.45, 2.75) is 59.3 Å². The van der Waals surface area contributed by atoms with Crippen LogP contribution in [0.25, 0.3) is 5.82 Å². The van der Waals surface area contributed by atoms with Crippen LogP contribution < -0.4 is 10.6 Å². The number of aryl methyl sites for hydroxylation is 2. The minimum Gasteiger partial charge on any atom is -0.357 e. The Bertz CT molecular complexity index is 1060. The first-order chi connectivity index (χ1) is 16.0. The number of nitrogens with one attached hydrogen (secondary N) is 2. The van der Waals surface area contributed by atoms with Crippen LogP contribution in [0.5, 0.6) is 0 Å². The van der Waals surface area contributed by atoms with E-state index < -0.39 is 0 Å². The molecule has 1 saturated heterocycles. The van der Waals surface area contributed by atoms with Gasteiger partial charge < -0.3 is 10.6 Å². The zero-order valence-corrected chi connectivity index (χ0v) is 20.1. The molecule has 0 aliphatic carbocycles. The Morgan fingerprint density at radius 1 is 1.12 bits per heavy atom. The largest absolute Gasteiger partial charge is 0.357 e. The molecule has 1 aliphatic rings. The third kappa shape index (κ3) is 5.99. The fraction of sp³-hybridized carbons (Fsp3) is 0.423. The van der Waals surface area contributed by atoms with E-state index in [4.69, 9.17) is 4.99 Å². The lowest BCUT2D eigenvalue weighted by Crippen LogP contribution is -2.44. The minimum atomic E-state index is 0.382. The second-order valence-electron chi connectivity index (χ2n) is 8.90. The number of likely N-dealkylation sites (tertiary alicyclic amines) is 1. The van der Waals surface area contributed by atoms with Crippen LogP contribution in [0.4, 0.5) is 0 Å². The smallest absolute Gasteiger partial charge is 0.191 e. The normalized spacial score (nSPS) is 19.1. The fourth-order valence-electron chi connectivity index (χ4n) is 4.42. The molecule has 7 nitrogen and oxygen atoms in total. The van der Waals surface area contributed by atoms with E-state index in [2.05, 4.69) is 81.9 Å². The number of rotatable bonds is 7. The highest BCUT2D eigenvalue weighted by Gasteiger charge is 2.29. The van der Waals surface area contributed by atoms with Crippen molar-refractivity contribution in [2.24, 2.45) is 4.99 Å². The molecule has 0 spiro atoms. The van der Waals surface area contributed by atoms with Gasteiger partial charge in [0, 0.05) is 43.6 Å². The average Bonchev–Trinajstić information content (AvgIpc) is 3.33. The number of aliphatic imine (C=N–C) groups is 1. The van der Waals surface area contributed by atoms with Crippen LogP contribution in [-0.2, 0) is 13.1 Å². The monoisotopic (exact) mass is 445 g/mol. The number of hydrogen-bond donors (Lipinski definition) is 2. The van der Waals surface area contributed by atoms with E-state index in [1.54, 1.807) is 0 Å². The maximum Gasteiger partial charge on any atom is 0.191 e. The highest BCUT2D eigenvalue weighted by Crippen LogP contribution is 2.20. The van der Waals surface area contributed by atoms with E-state index in [0.717, 1.165) is 54.8 Å². The first kappa shape index (κ1) is 23.0. The Morgan fingerprint density at radius 3 is 2.61 bits per heavy atom. The summed E-state index contributed by atoms with van der Waals surface area (Å²) in [6.45, 7) is 11.9. The van der Waals surface area contributed by atoms with Gasteiger partial charge in [0.1, 0.15) is 0 Å². The highest BCUT2D eigenvalue weighted by atomic mass is 15.3. The van der Waals surface area contributed by atoms with Crippen molar-refractivity contribution < 1.29 is 0 Å². The molecule has 2 N–H and O–H groups in total. The van der Waals surface area contributed by atoms with Crippen molar-refractivity contribution in [1.29, 1.82) is 0 Å². The predicted molar refractivity (Wildman–Crippen MR) is 134 cm³/mol. The van der Waals surface area contributed by atoms with E-state index in [1.807, 2.05) is 30.8 Å². The summed E-state index contributed by atoms with van der Waals surface area (Å²) >= 11 is 0. The summed E-state index contributed by atoms with van der Waals surface area (Å²) in [5.74, 6) is 1.69. The SMILES string of the molecule is CCNC(=NCc1ccc(-n2nc(C)cc2C)nc1)NC1CC(C)N(Cc2ccccc2)C1. The van der Waals surface area contributed by atoms with Gasteiger partial charge in [-0.1, -0.05) is 36.4 Å². The van der Waals surface area contributed by atoms with Gasteiger partial charge in [0.25, 0.3) is 0 Å². The van der Waals surface area contributed by atoms with Gasteiger partial charge in [-0.2, -0.15) is 5.10 Å². The molecule has 174 valence electrons. The molecule has 2 atom stereocenters. The summed E-state index contributed by atoms with van der Waals surface area (Å²) in [7, 11) is 0. The molecule has 0 amide bonds. The number of aromatic nitrogens is 3. The first-order valence-electron chi connectivity index (χ1n) is 11.8. The number of hydrogen-bond acceptors (Lipinski definition) is 4. The minimum absolute atomic E-state index is 0.382. The van der Waals surface area contributed by atoms with Crippen LogP contribution in [0, 0.1) is 13.8 Å². The van der Waals surface area contributed by atoms with Crippen molar-refractivity contribution in [3.63, 3.8) is 0 Å². The summed E-state index contributed by atoms with van der Waals surface area (Å²) in [5, 5.41) is 11.5. The Morgan fingerprint density at radius 2 is 1.94 bits per heavy atom. The van der Waals surface area contributed by atoms with Crippen LogP contribution in [0.15, 0.2) is 59.7 Å². The molecule has 1 fully saturated rings. The lowest BCUT2D eigenvalue weighted by molar-refractivity contribution is 0.258. The molecule has 1 aliphatic heterocycles. The number of pyridine rings is 1. The summed E-state index contributed by atoms with van der Waals surface area (Å²) < 4.78 is 1.87. The lowest BCUT2D eigenvalue weighted by Gasteiger charge is -2.21. The third-order valence-corrected chi connectivity index (χ3v) is 6.07. The molecule has 3 heterocycles. The summed E-state index contributed by atoms with van der Waals surface area (Å²) in [6.07, 6.45) is 2.99. The van der Waals surface area contributed by atoms with E-state index in [9.17, 15) is 0 Å². The molecule has 3 aromatic rings. The lowest BCUT2D eigenvalue weighted by atomic mass is 10.2. The van der Waals surface area contributed by atoms with Crippen LogP contribution in [0.3, 0.4) is 0 Å². The maximum atomic E-state index is 4.82. The second kappa shape index (κ2) is 10.6. The van der Waals surface area contributed by atoms with E-state index in [-0.39, 0.29) is 0 Å². The summed E-state index contributed by atoms with van der Waals surface area (Å²) in [5.41, 5.74) is 4.51. The molecule has 4 rings (SSSR count). The Kier molecular flexibility index (Phi) is 7.40. The van der Waals surface area contributed by atoms with Crippen molar-refractivity contribution in [3.8, 4) is 5.82 Å². The molecule has 0 saturated carbocycles. The van der Waals surface area contributed by atoms with Gasteiger partial charge in [-0.05, 0) is 57.4 Å². The molecular weight excluding hydrogens is 410 g/mol. The van der Waals surface area contributed by atoms with Gasteiger partial charge >= 0.3 is 0 Å². The number of guanidine groups is 1. The van der Waals surface area contributed by atoms with Crippen molar-refractivity contribution in [2.75, 3.05) is 13.1 Å². The molecule has 2 aromatic heterocycles. The number of benzene rings is 1. The average molecular weight is 446 g/mol. The maximum absolute atomic E-state index is 4.82. The van der Waals surface area contributed by atoms with E-state index in [0.29, 0.717) is 18.6 Å². The zero-order valence-electron chi connectivity index (χ0n) is 20.1. The van der Waals surface area contributed by atoms with Gasteiger partial charge in [-0.3, -0.25) is 4.90 Å². The Labute approximate surface area is 197 Å². The van der Waals surface area contributed by atoms with Crippen LogP contribution in [-0.4, -0.2) is 50.8 Å². The highest BCUT2D eigenvalue weighted by molar-refractivity contribution is 5.80. The van der Waals surface area contributed by atoms with Crippen molar-refractivity contribution in [3.05, 3.63) is 77.2 Å². The quantitative estimate of drug-likeness (QED) is 0.430. The topological polar surface area (TPSA) is 70.4 Å². The molecular formula is C26H35N7. The van der Waals surface area contributed by atoms with Crippen molar-refractivity contribution >= 4 is 5.96 Å². The zero-order chi connectivity index (χ0) is 23.2. The molecule has 7 heteroatoms. The van der Waals surface area contributed by atoms with Crippen LogP contribution >= 0.6 is 0 Å². The van der Waals surface area contributed by atoms with E-state index >= 15 is 0 Å². The number of nitrogens with zero attached hydrogens (tertiary/aromatic N) is 5. The standard InChI is InChI=1S/C26H35N7/c1-5-27-26(30-24-14-20(3)32(18-24)17-22-9-7-6-8-10-22)29-16-23-11-12-25(28-15-23)33-21(4)13-19(2)31-33/h6-13,15,20,24H,5,14,16-18H2,1-4H3,(H2,27,29,30). The van der Waals surface area contributed by atoms with Gasteiger partial charge in [0.05, 0.1) is 12.2 Å². The molecule has 2 unspecified atom stereocenters. The molecule has 0 radical (unpaired) electrons. The molecule has 0 bridgehead atoms. The summed E-state index contributed by atoms with van der Waals surface area (Å²) in [4.78, 5) is 12.0. The fourth-order valence-corrected chi connectivity index (χ4v) is 4.42. The van der Waals surface area contributed by atoms with Gasteiger partial charge in [0.2, 0.25) is 0 Å². The van der Waals surface area contributed by atoms with Gasteiger partial charge in [-0.15, -0.1) is 0 Å². The summed E-state index contributed by atoms with van der Waals surface area (Å²) in [6, 6.07) is 17.8. The van der Waals surface area contributed by atoms with Crippen LogP contribution in [0.2, 0.25) is 0 Å². The van der Waals surface area contributed by atoms with Crippen molar-refractivity contribution in [1.82, 2.24) is 30.3 Å². The van der Waals surface area contributed by atoms with Crippen LogP contribution in [0.1, 0.15) is 42.8 Å². The first-order valence-corrected chi connectivity index (χ1v) is 11.8. The second-order valence-corrected chi connectivity index (χ2v) is 8.90.